The Hall–Kier alpha value is -3.97. The van der Waals surface area contributed by atoms with Crippen LogP contribution < -0.4 is 4.31 Å². The minimum Gasteiger partial charge on any atom is -0.333 e. The van der Waals surface area contributed by atoms with Crippen LogP contribution in [0.15, 0.2) is 118 Å². The van der Waals surface area contributed by atoms with E-state index in [1.54, 1.807) is 72.8 Å². The lowest BCUT2D eigenvalue weighted by Crippen LogP contribution is -2.37. The van der Waals surface area contributed by atoms with Gasteiger partial charge < -0.3 is 4.98 Å². The highest BCUT2D eigenvalue weighted by atomic mass is 32.2. The number of fused-ring (bicyclic) bond motifs is 1. The maximum atomic E-state index is 13.8. The molecule has 0 spiro atoms. The number of rotatable bonds is 8. The van der Waals surface area contributed by atoms with E-state index in [9.17, 15) is 26.2 Å². The van der Waals surface area contributed by atoms with Crippen molar-refractivity contribution in [1.29, 1.82) is 0 Å². The molecule has 0 aliphatic carbocycles. The molecule has 0 bridgehead atoms. The second kappa shape index (κ2) is 10.7. The Bertz CT molecular complexity index is 1870. The number of benzene rings is 4. The Morgan fingerprint density at radius 1 is 0.821 bits per heavy atom. The molecule has 5 rings (SSSR count). The third-order valence-electron chi connectivity index (χ3n) is 5.79. The number of imidazole rings is 1. The minimum absolute atomic E-state index is 0.0244. The lowest BCUT2D eigenvalue weighted by molar-refractivity contribution is 0.100. The number of thioether (sulfide) groups is 1. The summed E-state index contributed by atoms with van der Waals surface area (Å²) in [5, 5.41) is 0.444. The van der Waals surface area contributed by atoms with Gasteiger partial charge in [-0.3, -0.25) is 9.35 Å². The number of para-hydroxylation sites is 1. The van der Waals surface area contributed by atoms with Gasteiger partial charge in [0.1, 0.15) is 0 Å². The van der Waals surface area contributed by atoms with E-state index in [1.165, 1.54) is 42.1 Å². The van der Waals surface area contributed by atoms with Crippen LogP contribution in [0.5, 0.6) is 0 Å². The first kappa shape index (κ1) is 26.6. The topological polar surface area (TPSA) is 138 Å². The van der Waals surface area contributed by atoms with Crippen molar-refractivity contribution < 1.29 is 26.2 Å². The van der Waals surface area contributed by atoms with Gasteiger partial charge in [0.15, 0.2) is 5.16 Å². The maximum Gasteiger partial charge on any atom is 0.294 e. The maximum absolute atomic E-state index is 13.8. The number of anilines is 1. The van der Waals surface area contributed by atoms with E-state index in [2.05, 4.69) is 9.97 Å². The SMILES string of the molecule is O=C(c1ccccc1)N(c1ccccc1CSc1nc2ccc(S(=O)(=O)O)cc2[nH]1)S(=O)(=O)c1ccccc1. The van der Waals surface area contributed by atoms with Crippen molar-refractivity contribution in [3.63, 3.8) is 0 Å². The number of carbonyl (C=O) groups is 1. The second-order valence-electron chi connectivity index (χ2n) is 8.37. The summed E-state index contributed by atoms with van der Waals surface area (Å²) in [6.07, 6.45) is 0. The number of amides is 1. The number of aromatic amines is 1. The average Bonchev–Trinajstić information content (AvgIpc) is 3.35. The molecule has 0 fully saturated rings. The number of sulfonamides is 1. The Morgan fingerprint density at radius 3 is 2.15 bits per heavy atom. The molecule has 1 aromatic heterocycles. The van der Waals surface area contributed by atoms with Gasteiger partial charge in [-0.15, -0.1) is 0 Å². The molecule has 2 N–H and O–H groups in total. The van der Waals surface area contributed by atoms with Crippen LogP contribution in [0.1, 0.15) is 15.9 Å². The molecule has 5 aromatic rings. The molecule has 0 radical (unpaired) electrons. The van der Waals surface area contributed by atoms with Crippen molar-refractivity contribution in [2.75, 3.05) is 4.31 Å². The van der Waals surface area contributed by atoms with Crippen LogP contribution in [-0.4, -0.2) is 37.3 Å². The van der Waals surface area contributed by atoms with E-state index in [0.29, 0.717) is 21.8 Å². The molecule has 198 valence electrons. The van der Waals surface area contributed by atoms with Crippen molar-refractivity contribution >= 4 is 54.5 Å². The van der Waals surface area contributed by atoms with Crippen LogP contribution in [0, 0.1) is 0 Å². The summed E-state index contributed by atoms with van der Waals surface area (Å²) >= 11 is 1.25. The van der Waals surface area contributed by atoms with Crippen molar-refractivity contribution in [2.45, 2.75) is 20.7 Å². The molecule has 12 heteroatoms. The van der Waals surface area contributed by atoms with Crippen LogP contribution in [-0.2, 0) is 25.9 Å². The monoisotopic (exact) mass is 579 g/mol. The number of aromatic nitrogens is 2. The van der Waals surface area contributed by atoms with Gasteiger partial charge in [0.2, 0.25) is 0 Å². The quantitative estimate of drug-likeness (QED) is 0.190. The molecule has 4 aromatic carbocycles. The van der Waals surface area contributed by atoms with E-state index < -0.39 is 26.0 Å². The fraction of sp³-hybridized carbons (Fsp3) is 0.0370. The largest absolute Gasteiger partial charge is 0.333 e. The molecular formula is C27H21N3O6S3. The molecule has 9 nitrogen and oxygen atoms in total. The molecule has 1 amide bonds. The first-order chi connectivity index (χ1) is 18.6. The smallest absolute Gasteiger partial charge is 0.294 e. The third-order valence-corrected chi connectivity index (χ3v) is 9.27. The highest BCUT2D eigenvalue weighted by Crippen LogP contribution is 2.33. The minimum atomic E-state index is -4.37. The van der Waals surface area contributed by atoms with Gasteiger partial charge in [-0.2, -0.15) is 12.7 Å². The van der Waals surface area contributed by atoms with Gasteiger partial charge in [-0.25, -0.2) is 13.4 Å². The zero-order valence-electron chi connectivity index (χ0n) is 20.1. The molecule has 0 saturated heterocycles. The number of H-pyrrole nitrogens is 1. The molecule has 39 heavy (non-hydrogen) atoms. The standard InChI is InChI=1S/C27H21N3O6S3/c31-26(19-9-3-1-4-10-19)30(38(32,33)21-12-5-2-6-13-21)25-14-8-7-11-20(25)18-37-27-28-23-16-15-22(39(34,35)36)17-24(23)29-27/h1-17H,18H2,(H,28,29)(H,34,35,36). The Morgan fingerprint density at radius 2 is 1.46 bits per heavy atom. The van der Waals surface area contributed by atoms with Gasteiger partial charge in [-0.1, -0.05) is 66.4 Å². The second-order valence-corrected chi connectivity index (χ2v) is 12.5. The van der Waals surface area contributed by atoms with E-state index in [1.807, 2.05) is 0 Å². The van der Waals surface area contributed by atoms with Crippen LogP contribution in [0.3, 0.4) is 0 Å². The van der Waals surface area contributed by atoms with Crippen LogP contribution in [0.2, 0.25) is 0 Å². The number of carbonyl (C=O) groups excluding carboxylic acids is 1. The summed E-state index contributed by atoms with van der Waals surface area (Å²) in [5.74, 6) is -0.456. The molecule has 0 atom stereocenters. The first-order valence-corrected chi connectivity index (χ1v) is 15.4. The van der Waals surface area contributed by atoms with E-state index in [4.69, 9.17) is 0 Å². The predicted octanol–water partition coefficient (Wildman–Crippen LogP) is 5.14. The van der Waals surface area contributed by atoms with Gasteiger partial charge in [0.05, 0.1) is 26.5 Å². The number of hydrogen-bond donors (Lipinski definition) is 2. The highest BCUT2D eigenvalue weighted by Gasteiger charge is 2.33. The lowest BCUT2D eigenvalue weighted by Gasteiger charge is -2.25. The van der Waals surface area contributed by atoms with E-state index >= 15 is 0 Å². The summed E-state index contributed by atoms with van der Waals surface area (Å²) in [4.78, 5) is 20.8. The summed E-state index contributed by atoms with van der Waals surface area (Å²) in [5.41, 5.74) is 1.88. The fourth-order valence-electron chi connectivity index (χ4n) is 3.92. The van der Waals surface area contributed by atoms with Gasteiger partial charge in [0.25, 0.3) is 26.0 Å². The summed E-state index contributed by atoms with van der Waals surface area (Å²) < 4.78 is 60.7. The van der Waals surface area contributed by atoms with Crippen molar-refractivity contribution in [2.24, 2.45) is 0 Å². The zero-order valence-corrected chi connectivity index (χ0v) is 22.6. The number of nitrogens with one attached hydrogen (secondary N) is 1. The van der Waals surface area contributed by atoms with Gasteiger partial charge >= 0.3 is 0 Å². The summed E-state index contributed by atoms with van der Waals surface area (Å²) in [7, 11) is -8.65. The number of hydrogen-bond acceptors (Lipinski definition) is 7. The van der Waals surface area contributed by atoms with Crippen LogP contribution in [0.4, 0.5) is 5.69 Å². The summed E-state index contributed by atoms with van der Waals surface area (Å²) in [6, 6.07) is 26.7. The van der Waals surface area contributed by atoms with Gasteiger partial charge in [0, 0.05) is 11.3 Å². The molecule has 0 saturated carbocycles. The van der Waals surface area contributed by atoms with Crippen molar-refractivity contribution in [3.05, 3.63) is 114 Å². The highest BCUT2D eigenvalue weighted by molar-refractivity contribution is 7.98. The fourth-order valence-corrected chi connectivity index (χ4v) is 6.78. The Balaban J connectivity index is 1.52. The Labute approximate surface area is 229 Å². The average molecular weight is 580 g/mol. The molecule has 0 aliphatic heterocycles. The molecular weight excluding hydrogens is 559 g/mol. The first-order valence-electron chi connectivity index (χ1n) is 11.5. The Kier molecular flexibility index (Phi) is 7.28. The van der Waals surface area contributed by atoms with Crippen molar-refractivity contribution in [1.82, 2.24) is 9.97 Å². The third kappa shape index (κ3) is 5.59. The predicted molar refractivity (Wildman–Crippen MR) is 149 cm³/mol. The number of nitrogens with zero attached hydrogens (tertiary/aromatic N) is 2. The molecule has 0 unspecified atom stereocenters. The normalized spacial score (nSPS) is 11.9. The molecule has 1 heterocycles. The lowest BCUT2D eigenvalue weighted by atomic mass is 10.1. The van der Waals surface area contributed by atoms with Gasteiger partial charge in [-0.05, 0) is 54.1 Å². The van der Waals surface area contributed by atoms with E-state index in [0.717, 1.165) is 4.31 Å². The van der Waals surface area contributed by atoms with E-state index in [-0.39, 0.29) is 26.8 Å². The zero-order chi connectivity index (χ0) is 27.6. The van der Waals surface area contributed by atoms with Crippen molar-refractivity contribution in [3.8, 4) is 0 Å². The molecule has 0 aliphatic rings. The summed E-state index contributed by atoms with van der Waals surface area (Å²) in [6.45, 7) is 0. The van der Waals surface area contributed by atoms with Crippen LogP contribution in [0.25, 0.3) is 11.0 Å². The van der Waals surface area contributed by atoms with Crippen LogP contribution >= 0.6 is 11.8 Å².